The Hall–Kier alpha value is -1.36. The topological polar surface area (TPSA) is 50.3 Å². The first-order valence-corrected chi connectivity index (χ1v) is 7.18. The molecule has 0 saturated carbocycles. The second kappa shape index (κ2) is 7.28. The summed E-state index contributed by atoms with van der Waals surface area (Å²) in [6.45, 7) is 4.94. The normalized spacial score (nSPS) is 18.5. The maximum absolute atomic E-state index is 5.59. The van der Waals surface area contributed by atoms with Gasteiger partial charge in [-0.1, -0.05) is 13.3 Å². The SMILES string of the molecule is CCCCN(C)c1cc(NCC2CCCO2)ncn1. The predicted octanol–water partition coefficient (Wildman–Crippen LogP) is 2.30. The second-order valence-corrected chi connectivity index (χ2v) is 5.05. The summed E-state index contributed by atoms with van der Waals surface area (Å²) in [5, 5.41) is 3.34. The minimum atomic E-state index is 0.330. The third-order valence-corrected chi connectivity index (χ3v) is 3.43. The van der Waals surface area contributed by atoms with Crippen LogP contribution in [0.15, 0.2) is 12.4 Å². The zero-order valence-electron chi connectivity index (χ0n) is 11.9. The average molecular weight is 264 g/mol. The highest BCUT2D eigenvalue weighted by Gasteiger charge is 2.15. The van der Waals surface area contributed by atoms with E-state index in [1.165, 1.54) is 19.3 Å². The smallest absolute Gasteiger partial charge is 0.133 e. The van der Waals surface area contributed by atoms with Crippen LogP contribution in [0, 0.1) is 0 Å². The van der Waals surface area contributed by atoms with Gasteiger partial charge in [0.2, 0.25) is 0 Å². The van der Waals surface area contributed by atoms with Crippen molar-refractivity contribution in [3.8, 4) is 0 Å². The lowest BCUT2D eigenvalue weighted by molar-refractivity contribution is 0.120. The molecule has 0 radical (unpaired) electrons. The molecule has 19 heavy (non-hydrogen) atoms. The molecule has 1 atom stereocenters. The van der Waals surface area contributed by atoms with Gasteiger partial charge in [-0.3, -0.25) is 0 Å². The van der Waals surface area contributed by atoms with Crippen LogP contribution in [0.25, 0.3) is 0 Å². The molecular weight excluding hydrogens is 240 g/mol. The lowest BCUT2D eigenvalue weighted by Gasteiger charge is -2.18. The molecule has 0 spiro atoms. The molecule has 1 unspecified atom stereocenters. The van der Waals surface area contributed by atoms with Gasteiger partial charge in [0.15, 0.2) is 0 Å². The maximum atomic E-state index is 5.59. The third kappa shape index (κ3) is 4.35. The molecule has 0 aromatic carbocycles. The van der Waals surface area contributed by atoms with Crippen LogP contribution in [0.2, 0.25) is 0 Å². The van der Waals surface area contributed by atoms with Crippen molar-refractivity contribution < 1.29 is 4.74 Å². The zero-order chi connectivity index (χ0) is 13.5. The first-order chi connectivity index (χ1) is 9.29. The predicted molar refractivity (Wildman–Crippen MR) is 77.7 cm³/mol. The number of unbranched alkanes of at least 4 members (excludes halogenated alkanes) is 1. The number of ether oxygens (including phenoxy) is 1. The van der Waals surface area contributed by atoms with E-state index in [9.17, 15) is 0 Å². The van der Waals surface area contributed by atoms with Crippen molar-refractivity contribution >= 4 is 11.6 Å². The van der Waals surface area contributed by atoms with Crippen molar-refractivity contribution in [1.29, 1.82) is 0 Å². The fourth-order valence-corrected chi connectivity index (χ4v) is 2.19. The fourth-order valence-electron chi connectivity index (χ4n) is 2.19. The molecule has 1 aliphatic heterocycles. The number of hydrogen-bond donors (Lipinski definition) is 1. The molecule has 2 heterocycles. The van der Waals surface area contributed by atoms with Gasteiger partial charge in [-0.05, 0) is 19.3 Å². The molecule has 1 N–H and O–H groups in total. The molecule has 1 saturated heterocycles. The van der Waals surface area contributed by atoms with Gasteiger partial charge in [-0.25, -0.2) is 9.97 Å². The van der Waals surface area contributed by atoms with Crippen LogP contribution in [-0.4, -0.2) is 42.8 Å². The zero-order valence-corrected chi connectivity index (χ0v) is 11.9. The molecule has 1 aromatic rings. The summed E-state index contributed by atoms with van der Waals surface area (Å²) in [7, 11) is 2.07. The van der Waals surface area contributed by atoms with Crippen LogP contribution in [0.1, 0.15) is 32.6 Å². The standard InChI is InChI=1S/C14H24N4O/c1-3-4-7-18(2)14-9-13(16-11-17-14)15-10-12-6-5-8-19-12/h9,11-12H,3-8,10H2,1-2H3,(H,15,16,17). The van der Waals surface area contributed by atoms with Gasteiger partial charge >= 0.3 is 0 Å². The van der Waals surface area contributed by atoms with Gasteiger partial charge in [0, 0.05) is 32.8 Å². The molecule has 1 aliphatic rings. The van der Waals surface area contributed by atoms with Gasteiger partial charge in [0.05, 0.1) is 6.10 Å². The summed E-state index contributed by atoms with van der Waals surface area (Å²) >= 11 is 0. The summed E-state index contributed by atoms with van der Waals surface area (Å²) < 4.78 is 5.59. The third-order valence-electron chi connectivity index (χ3n) is 3.43. The first kappa shape index (κ1) is 14.1. The molecule has 5 heteroatoms. The van der Waals surface area contributed by atoms with E-state index in [1.807, 2.05) is 6.07 Å². The summed E-state index contributed by atoms with van der Waals surface area (Å²) in [5.74, 6) is 1.85. The molecule has 2 rings (SSSR count). The van der Waals surface area contributed by atoms with Crippen molar-refractivity contribution in [2.75, 3.05) is 37.0 Å². The number of nitrogens with one attached hydrogen (secondary N) is 1. The summed E-state index contributed by atoms with van der Waals surface area (Å²) in [6.07, 6.45) is 6.63. The van der Waals surface area contributed by atoms with Crippen LogP contribution in [0.3, 0.4) is 0 Å². The van der Waals surface area contributed by atoms with E-state index in [-0.39, 0.29) is 0 Å². The number of anilines is 2. The highest BCUT2D eigenvalue weighted by Crippen LogP contribution is 2.15. The summed E-state index contributed by atoms with van der Waals surface area (Å²) in [4.78, 5) is 10.7. The molecule has 0 aliphatic carbocycles. The van der Waals surface area contributed by atoms with Crippen LogP contribution >= 0.6 is 0 Å². The van der Waals surface area contributed by atoms with E-state index in [4.69, 9.17) is 4.74 Å². The van der Waals surface area contributed by atoms with E-state index in [2.05, 4.69) is 34.2 Å². The number of aromatic nitrogens is 2. The van der Waals surface area contributed by atoms with Crippen LogP contribution < -0.4 is 10.2 Å². The fraction of sp³-hybridized carbons (Fsp3) is 0.714. The highest BCUT2D eigenvalue weighted by atomic mass is 16.5. The quantitative estimate of drug-likeness (QED) is 0.819. The maximum Gasteiger partial charge on any atom is 0.133 e. The Kier molecular flexibility index (Phi) is 5.39. The molecule has 1 aromatic heterocycles. The van der Waals surface area contributed by atoms with Crippen molar-refractivity contribution in [3.63, 3.8) is 0 Å². The summed E-state index contributed by atoms with van der Waals surface area (Å²) in [5.41, 5.74) is 0. The molecule has 5 nitrogen and oxygen atoms in total. The Bertz CT molecular complexity index is 379. The number of rotatable bonds is 7. The second-order valence-electron chi connectivity index (χ2n) is 5.05. The Balaban J connectivity index is 1.86. The average Bonchev–Trinajstić information content (AvgIpc) is 2.96. The van der Waals surface area contributed by atoms with E-state index in [1.54, 1.807) is 6.33 Å². The van der Waals surface area contributed by atoms with E-state index in [0.29, 0.717) is 6.10 Å². The number of hydrogen-bond acceptors (Lipinski definition) is 5. The van der Waals surface area contributed by atoms with E-state index < -0.39 is 0 Å². The van der Waals surface area contributed by atoms with Crippen molar-refractivity contribution in [3.05, 3.63) is 12.4 Å². The molecule has 0 amide bonds. The Morgan fingerprint density at radius 3 is 3.11 bits per heavy atom. The Labute approximate surface area is 115 Å². The van der Waals surface area contributed by atoms with Gasteiger partial charge in [-0.2, -0.15) is 0 Å². The van der Waals surface area contributed by atoms with Crippen LogP contribution in [0.5, 0.6) is 0 Å². The van der Waals surface area contributed by atoms with E-state index in [0.717, 1.165) is 37.8 Å². The molecule has 1 fully saturated rings. The van der Waals surface area contributed by atoms with Crippen LogP contribution in [0.4, 0.5) is 11.6 Å². The van der Waals surface area contributed by atoms with E-state index >= 15 is 0 Å². The lowest BCUT2D eigenvalue weighted by Crippen LogP contribution is -2.21. The summed E-state index contributed by atoms with van der Waals surface area (Å²) in [6, 6.07) is 2.00. The minimum absolute atomic E-state index is 0.330. The highest BCUT2D eigenvalue weighted by molar-refractivity contribution is 5.47. The Morgan fingerprint density at radius 1 is 1.47 bits per heavy atom. The van der Waals surface area contributed by atoms with Crippen molar-refractivity contribution in [2.24, 2.45) is 0 Å². The Morgan fingerprint density at radius 2 is 2.37 bits per heavy atom. The molecule has 0 bridgehead atoms. The van der Waals surface area contributed by atoms with Crippen molar-refractivity contribution in [1.82, 2.24) is 9.97 Å². The molecular formula is C14H24N4O. The lowest BCUT2D eigenvalue weighted by atomic mass is 10.2. The van der Waals surface area contributed by atoms with Gasteiger partial charge < -0.3 is 15.0 Å². The number of nitrogens with zero attached hydrogens (tertiary/aromatic N) is 3. The largest absolute Gasteiger partial charge is 0.376 e. The van der Waals surface area contributed by atoms with Gasteiger partial charge in [0.25, 0.3) is 0 Å². The van der Waals surface area contributed by atoms with Gasteiger partial charge in [0.1, 0.15) is 18.0 Å². The monoisotopic (exact) mass is 264 g/mol. The molecule has 106 valence electrons. The minimum Gasteiger partial charge on any atom is -0.376 e. The first-order valence-electron chi connectivity index (χ1n) is 7.18. The van der Waals surface area contributed by atoms with Gasteiger partial charge in [-0.15, -0.1) is 0 Å². The van der Waals surface area contributed by atoms with Crippen molar-refractivity contribution in [2.45, 2.75) is 38.7 Å². The van der Waals surface area contributed by atoms with Crippen LogP contribution in [-0.2, 0) is 4.74 Å².